The third-order valence-corrected chi connectivity index (χ3v) is 6.65. The van der Waals surface area contributed by atoms with E-state index in [1.54, 1.807) is 32.4 Å². The zero-order valence-corrected chi connectivity index (χ0v) is 20.1. The van der Waals surface area contributed by atoms with Gasteiger partial charge in [-0.2, -0.15) is 13.5 Å². The first-order chi connectivity index (χ1) is 16.1. The van der Waals surface area contributed by atoms with Gasteiger partial charge in [0, 0.05) is 42.1 Å². The van der Waals surface area contributed by atoms with Gasteiger partial charge in [-0.25, -0.2) is 4.39 Å². The molecule has 4 rings (SSSR count). The zero-order valence-electron chi connectivity index (χ0n) is 18.6. The summed E-state index contributed by atoms with van der Waals surface area (Å²) in [5, 5.41) is 7.29. The predicted octanol–water partition coefficient (Wildman–Crippen LogP) is 4.14. The smallest absolute Gasteiger partial charge is 0.284 e. The third-order valence-electron chi connectivity index (χ3n) is 5.15. The quantitative estimate of drug-likeness (QED) is 0.368. The summed E-state index contributed by atoms with van der Waals surface area (Å²) in [6.07, 6.45) is 6.43. The van der Waals surface area contributed by atoms with Crippen molar-refractivity contribution >= 4 is 39.6 Å². The van der Waals surface area contributed by atoms with Gasteiger partial charge in [0.2, 0.25) is 5.91 Å². The van der Waals surface area contributed by atoms with Crippen molar-refractivity contribution in [3.05, 3.63) is 65.2 Å². The average Bonchev–Trinajstić information content (AvgIpc) is 3.52. The molecule has 0 spiro atoms. The van der Waals surface area contributed by atoms with Crippen LogP contribution in [0.15, 0.2) is 58.1 Å². The van der Waals surface area contributed by atoms with Crippen LogP contribution < -0.4 is 5.32 Å². The molecule has 2 aromatic carbocycles. The molecule has 0 radical (unpaired) electrons. The number of hydrogen-bond acceptors (Lipinski definition) is 4. The topological polar surface area (TPSA) is 96.7 Å². The van der Waals surface area contributed by atoms with E-state index in [1.807, 2.05) is 10.9 Å². The van der Waals surface area contributed by atoms with Gasteiger partial charge in [-0.3, -0.25) is 9.48 Å². The van der Waals surface area contributed by atoms with E-state index in [2.05, 4.69) is 14.8 Å². The Balaban J connectivity index is 1.66. The summed E-state index contributed by atoms with van der Waals surface area (Å²) < 4.78 is 45.7. The second kappa shape index (κ2) is 9.55. The first-order valence-corrected chi connectivity index (χ1v) is 12.3. The van der Waals surface area contributed by atoms with Crippen LogP contribution in [0.4, 0.5) is 10.1 Å². The minimum atomic E-state index is -4.10. The molecule has 1 heterocycles. The maximum Gasteiger partial charge on any atom is 0.284 e. The van der Waals surface area contributed by atoms with Crippen molar-refractivity contribution in [2.24, 2.45) is 4.40 Å². The highest BCUT2D eigenvalue weighted by molar-refractivity contribution is 7.90. The van der Waals surface area contributed by atoms with Crippen molar-refractivity contribution in [1.82, 2.24) is 14.7 Å². The van der Waals surface area contributed by atoms with E-state index < -0.39 is 21.7 Å². The fourth-order valence-corrected chi connectivity index (χ4v) is 4.70. The highest BCUT2D eigenvalue weighted by atomic mass is 35.5. The molecule has 0 unspecified atom stereocenters. The summed E-state index contributed by atoms with van der Waals surface area (Å²) in [5.41, 5.74) is 1.42. The molecule has 1 fully saturated rings. The van der Waals surface area contributed by atoms with E-state index in [0.29, 0.717) is 22.2 Å². The molecule has 1 amide bonds. The summed E-state index contributed by atoms with van der Waals surface area (Å²) in [5.74, 6) is -1.07. The Bertz CT molecular complexity index is 1370. The standard InChI is InChI=1S/C23H23ClFN5O3S/c1-29(2)14-27-34(32,33)22-11-18(28-23(31)10-15-9-17(24)3-8-21(15)25)4-7-20(22)16-12-26-30(13-16)19-5-6-19/h3-4,7-9,11-14,19H,5-6,10H2,1-2H3,(H,28,31). The highest BCUT2D eigenvalue weighted by Crippen LogP contribution is 2.37. The van der Waals surface area contributed by atoms with E-state index in [4.69, 9.17) is 11.6 Å². The van der Waals surface area contributed by atoms with Crippen molar-refractivity contribution < 1.29 is 17.6 Å². The largest absolute Gasteiger partial charge is 0.368 e. The van der Waals surface area contributed by atoms with Crippen molar-refractivity contribution in [2.75, 3.05) is 19.4 Å². The number of halogens is 2. The summed E-state index contributed by atoms with van der Waals surface area (Å²) in [6, 6.07) is 8.84. The predicted molar refractivity (Wildman–Crippen MR) is 129 cm³/mol. The van der Waals surface area contributed by atoms with Crippen LogP contribution >= 0.6 is 11.6 Å². The molecule has 11 heteroatoms. The van der Waals surface area contributed by atoms with E-state index >= 15 is 0 Å². The van der Waals surface area contributed by atoms with Gasteiger partial charge in [0.15, 0.2) is 0 Å². The molecule has 178 valence electrons. The van der Waals surface area contributed by atoms with Gasteiger partial charge in [-0.1, -0.05) is 17.7 Å². The Morgan fingerprint density at radius 3 is 2.76 bits per heavy atom. The van der Waals surface area contributed by atoms with Gasteiger partial charge in [0.05, 0.1) is 23.6 Å². The van der Waals surface area contributed by atoms with Crippen LogP contribution in [0.3, 0.4) is 0 Å². The second-order valence-electron chi connectivity index (χ2n) is 8.27. The molecule has 1 aliphatic carbocycles. The minimum Gasteiger partial charge on any atom is -0.368 e. The molecule has 1 aliphatic rings. The number of sulfonamides is 1. The lowest BCUT2D eigenvalue weighted by Crippen LogP contribution is -2.16. The van der Waals surface area contributed by atoms with Gasteiger partial charge in [-0.05, 0) is 48.7 Å². The molecule has 1 saturated carbocycles. The SMILES string of the molecule is CN(C)C=NS(=O)(=O)c1cc(NC(=O)Cc2cc(Cl)ccc2F)ccc1-c1cnn(C2CC2)c1. The molecule has 0 atom stereocenters. The molecule has 8 nitrogen and oxygen atoms in total. The number of rotatable bonds is 8. The Hall–Kier alpha value is -3.24. The van der Waals surface area contributed by atoms with Gasteiger partial charge in [-0.15, -0.1) is 4.40 Å². The lowest BCUT2D eigenvalue weighted by molar-refractivity contribution is -0.115. The number of aromatic nitrogens is 2. The van der Waals surface area contributed by atoms with Crippen LogP contribution in [0.5, 0.6) is 0 Å². The van der Waals surface area contributed by atoms with Crippen LogP contribution in [-0.2, 0) is 21.2 Å². The average molecular weight is 504 g/mol. The summed E-state index contributed by atoms with van der Waals surface area (Å²) in [7, 11) is -0.781. The Kier molecular flexibility index (Phi) is 6.72. The number of carbonyl (C=O) groups is 1. The number of anilines is 1. The number of carbonyl (C=O) groups excluding carboxylic acids is 1. The third kappa shape index (κ3) is 5.63. The lowest BCUT2D eigenvalue weighted by atomic mass is 10.1. The van der Waals surface area contributed by atoms with Gasteiger partial charge in [0.1, 0.15) is 12.2 Å². The van der Waals surface area contributed by atoms with Crippen LogP contribution in [0, 0.1) is 5.82 Å². The normalized spacial score (nSPS) is 13.9. The van der Waals surface area contributed by atoms with Crippen LogP contribution in [0.2, 0.25) is 5.02 Å². The summed E-state index contributed by atoms with van der Waals surface area (Å²) in [4.78, 5) is 14.0. The number of benzene rings is 2. The Morgan fingerprint density at radius 1 is 1.29 bits per heavy atom. The van der Waals surface area contributed by atoms with E-state index in [0.717, 1.165) is 12.8 Å². The summed E-state index contributed by atoms with van der Waals surface area (Å²) >= 11 is 5.90. The molecule has 3 aromatic rings. The number of nitrogens with zero attached hydrogens (tertiary/aromatic N) is 4. The van der Waals surface area contributed by atoms with E-state index in [9.17, 15) is 17.6 Å². The van der Waals surface area contributed by atoms with Crippen LogP contribution in [0.25, 0.3) is 11.1 Å². The molecule has 0 aliphatic heterocycles. The van der Waals surface area contributed by atoms with Gasteiger partial charge in [0.25, 0.3) is 10.0 Å². The molecule has 0 saturated heterocycles. The first-order valence-electron chi connectivity index (χ1n) is 10.5. The number of nitrogens with one attached hydrogen (secondary N) is 1. The monoisotopic (exact) mass is 503 g/mol. The maximum absolute atomic E-state index is 14.0. The molecule has 1 aromatic heterocycles. The fraction of sp³-hybridized carbons (Fsp3) is 0.261. The molecule has 0 bridgehead atoms. The van der Waals surface area contributed by atoms with Gasteiger partial charge < -0.3 is 10.2 Å². The summed E-state index contributed by atoms with van der Waals surface area (Å²) in [6.45, 7) is 0. The number of amides is 1. The Labute approximate surface area is 202 Å². The second-order valence-corrected chi connectivity index (χ2v) is 10.3. The number of hydrogen-bond donors (Lipinski definition) is 1. The van der Waals surface area contributed by atoms with E-state index in [1.165, 1.54) is 35.5 Å². The molecular formula is C23H23ClFN5O3S. The minimum absolute atomic E-state index is 0.0762. The zero-order chi connectivity index (χ0) is 24.5. The fourth-order valence-electron chi connectivity index (χ4n) is 3.34. The van der Waals surface area contributed by atoms with Crippen LogP contribution in [-0.4, -0.2) is 49.4 Å². The van der Waals surface area contributed by atoms with Gasteiger partial charge >= 0.3 is 0 Å². The van der Waals surface area contributed by atoms with Crippen molar-refractivity contribution in [3.8, 4) is 11.1 Å². The maximum atomic E-state index is 14.0. The van der Waals surface area contributed by atoms with Crippen molar-refractivity contribution in [1.29, 1.82) is 0 Å². The molecule has 34 heavy (non-hydrogen) atoms. The van der Waals surface area contributed by atoms with Crippen LogP contribution in [0.1, 0.15) is 24.4 Å². The molecular weight excluding hydrogens is 481 g/mol. The Morgan fingerprint density at radius 2 is 2.06 bits per heavy atom. The van der Waals surface area contributed by atoms with Crippen molar-refractivity contribution in [2.45, 2.75) is 30.2 Å². The van der Waals surface area contributed by atoms with Crippen molar-refractivity contribution in [3.63, 3.8) is 0 Å². The lowest BCUT2D eigenvalue weighted by Gasteiger charge is -2.12. The first kappa shape index (κ1) is 23.9. The molecule has 1 N–H and O–H groups in total. The highest BCUT2D eigenvalue weighted by Gasteiger charge is 2.26. The van der Waals surface area contributed by atoms with E-state index in [-0.39, 0.29) is 22.6 Å².